The van der Waals surface area contributed by atoms with Gasteiger partial charge in [0.15, 0.2) is 0 Å². The lowest BCUT2D eigenvalue weighted by Gasteiger charge is -2.25. The number of aromatic nitrogens is 3. The first-order valence-electron chi connectivity index (χ1n) is 8.67. The van der Waals surface area contributed by atoms with E-state index in [-0.39, 0.29) is 5.56 Å². The van der Waals surface area contributed by atoms with Gasteiger partial charge in [-0.2, -0.15) is 0 Å². The first-order valence-corrected chi connectivity index (χ1v) is 9.49. The summed E-state index contributed by atoms with van der Waals surface area (Å²) in [5.41, 5.74) is 2.91. The SMILES string of the molecule is O=c1[nH]c(CN2CCOCC2)nc2cc(-c3c[nH]c4ccccc34)sc12. The molecule has 6 nitrogen and oxygen atoms in total. The zero-order valence-electron chi connectivity index (χ0n) is 14.1. The summed E-state index contributed by atoms with van der Waals surface area (Å²) < 4.78 is 6.05. The lowest BCUT2D eigenvalue weighted by Crippen LogP contribution is -2.36. The number of rotatable bonds is 3. The highest BCUT2D eigenvalue weighted by molar-refractivity contribution is 7.22. The number of aromatic amines is 2. The van der Waals surface area contributed by atoms with Crippen molar-refractivity contribution in [2.75, 3.05) is 26.3 Å². The molecule has 7 heteroatoms. The van der Waals surface area contributed by atoms with Gasteiger partial charge in [0.1, 0.15) is 10.5 Å². The van der Waals surface area contributed by atoms with Gasteiger partial charge in [-0.1, -0.05) is 18.2 Å². The van der Waals surface area contributed by atoms with Crippen LogP contribution in [0.5, 0.6) is 0 Å². The largest absolute Gasteiger partial charge is 0.379 e. The first-order chi connectivity index (χ1) is 12.8. The summed E-state index contributed by atoms with van der Waals surface area (Å²) in [6, 6.07) is 10.2. The quantitative estimate of drug-likeness (QED) is 0.585. The van der Waals surface area contributed by atoms with E-state index in [1.807, 2.05) is 24.4 Å². The number of ether oxygens (including phenoxy) is 1. The van der Waals surface area contributed by atoms with Gasteiger partial charge in [-0.3, -0.25) is 9.69 Å². The number of hydrogen-bond acceptors (Lipinski definition) is 5. The van der Waals surface area contributed by atoms with Gasteiger partial charge in [-0.25, -0.2) is 4.98 Å². The number of para-hydroxylation sites is 1. The van der Waals surface area contributed by atoms with Crippen LogP contribution in [0.3, 0.4) is 0 Å². The smallest absolute Gasteiger partial charge is 0.268 e. The van der Waals surface area contributed by atoms with Crippen LogP contribution in [0.15, 0.2) is 41.3 Å². The normalized spacial score (nSPS) is 15.8. The van der Waals surface area contributed by atoms with Gasteiger partial charge in [0.05, 0.1) is 25.3 Å². The number of benzene rings is 1. The summed E-state index contributed by atoms with van der Waals surface area (Å²) in [4.78, 5) is 26.8. The van der Waals surface area contributed by atoms with E-state index in [9.17, 15) is 4.79 Å². The van der Waals surface area contributed by atoms with Crippen LogP contribution in [0.4, 0.5) is 0 Å². The van der Waals surface area contributed by atoms with Gasteiger partial charge in [0.25, 0.3) is 5.56 Å². The summed E-state index contributed by atoms with van der Waals surface area (Å²) in [6.45, 7) is 3.84. The molecule has 5 rings (SSSR count). The van der Waals surface area contributed by atoms with E-state index in [0.29, 0.717) is 17.1 Å². The fourth-order valence-electron chi connectivity index (χ4n) is 3.44. The Kier molecular flexibility index (Phi) is 3.85. The summed E-state index contributed by atoms with van der Waals surface area (Å²) in [5.74, 6) is 0.715. The zero-order chi connectivity index (χ0) is 17.5. The molecule has 0 aliphatic carbocycles. The fraction of sp³-hybridized carbons (Fsp3) is 0.263. The first kappa shape index (κ1) is 15.7. The van der Waals surface area contributed by atoms with E-state index in [4.69, 9.17) is 9.72 Å². The second kappa shape index (κ2) is 6.35. The highest BCUT2D eigenvalue weighted by atomic mass is 32.1. The van der Waals surface area contributed by atoms with Crippen molar-refractivity contribution in [3.05, 3.63) is 52.7 Å². The van der Waals surface area contributed by atoms with Crippen molar-refractivity contribution in [3.63, 3.8) is 0 Å². The molecule has 0 spiro atoms. The lowest BCUT2D eigenvalue weighted by atomic mass is 10.1. The van der Waals surface area contributed by atoms with Crippen molar-refractivity contribution in [2.45, 2.75) is 6.54 Å². The van der Waals surface area contributed by atoms with Crippen LogP contribution in [0, 0.1) is 0 Å². The Hall–Kier alpha value is -2.48. The second-order valence-electron chi connectivity index (χ2n) is 6.47. The summed E-state index contributed by atoms with van der Waals surface area (Å²) in [6.07, 6.45) is 2.00. The predicted octanol–water partition coefficient (Wildman–Crippen LogP) is 2.97. The molecule has 1 saturated heterocycles. The van der Waals surface area contributed by atoms with Crippen molar-refractivity contribution in [1.82, 2.24) is 19.9 Å². The average molecular weight is 366 g/mol. The summed E-state index contributed by atoms with van der Waals surface area (Å²) >= 11 is 1.49. The highest BCUT2D eigenvalue weighted by Crippen LogP contribution is 2.35. The minimum absolute atomic E-state index is 0.0608. The van der Waals surface area contributed by atoms with Crippen LogP contribution < -0.4 is 5.56 Å². The average Bonchev–Trinajstić information content (AvgIpc) is 3.26. The molecule has 0 unspecified atom stereocenters. The predicted molar refractivity (Wildman–Crippen MR) is 104 cm³/mol. The standard InChI is InChI=1S/C19H18N4O2S/c24-19-18-15(21-17(22-19)11-23-5-7-25-8-6-23)9-16(26-18)13-10-20-14-4-2-1-3-12(13)14/h1-4,9-10,20H,5-8,11H2,(H,21,22,24). The number of H-pyrrole nitrogens is 2. The van der Waals surface area contributed by atoms with Crippen LogP contribution in [0.1, 0.15) is 5.82 Å². The third-order valence-corrected chi connectivity index (χ3v) is 5.92. The van der Waals surface area contributed by atoms with Crippen molar-refractivity contribution in [2.24, 2.45) is 0 Å². The van der Waals surface area contributed by atoms with Crippen LogP contribution in [0.25, 0.3) is 31.6 Å². The molecular weight excluding hydrogens is 348 g/mol. The second-order valence-corrected chi connectivity index (χ2v) is 7.53. The molecule has 2 N–H and O–H groups in total. The Balaban J connectivity index is 1.55. The highest BCUT2D eigenvalue weighted by Gasteiger charge is 2.16. The van der Waals surface area contributed by atoms with E-state index in [2.05, 4.69) is 27.0 Å². The van der Waals surface area contributed by atoms with Crippen molar-refractivity contribution in [3.8, 4) is 10.4 Å². The maximum absolute atomic E-state index is 12.6. The van der Waals surface area contributed by atoms with Gasteiger partial charge in [0.2, 0.25) is 0 Å². The minimum atomic E-state index is -0.0608. The summed E-state index contributed by atoms with van der Waals surface area (Å²) in [7, 11) is 0. The molecule has 0 atom stereocenters. The molecule has 0 saturated carbocycles. The van der Waals surface area contributed by atoms with Gasteiger partial charge in [-0.15, -0.1) is 11.3 Å². The minimum Gasteiger partial charge on any atom is -0.379 e. The molecule has 4 aromatic rings. The Labute approximate surface area is 153 Å². The number of thiophene rings is 1. The topological polar surface area (TPSA) is 74.0 Å². The molecule has 3 aromatic heterocycles. The number of fused-ring (bicyclic) bond motifs is 2. The molecule has 1 aromatic carbocycles. The lowest BCUT2D eigenvalue weighted by molar-refractivity contribution is 0.0331. The maximum Gasteiger partial charge on any atom is 0.268 e. The molecule has 1 aliphatic heterocycles. The Morgan fingerprint density at radius 2 is 2.08 bits per heavy atom. The molecule has 4 heterocycles. The molecular formula is C19H18N4O2S. The fourth-order valence-corrected chi connectivity index (χ4v) is 4.46. The Morgan fingerprint density at radius 3 is 2.96 bits per heavy atom. The molecule has 1 aliphatic rings. The molecule has 0 radical (unpaired) electrons. The van der Waals surface area contributed by atoms with Crippen molar-refractivity contribution < 1.29 is 4.74 Å². The number of morpholine rings is 1. The van der Waals surface area contributed by atoms with Crippen molar-refractivity contribution in [1.29, 1.82) is 0 Å². The van der Waals surface area contributed by atoms with Crippen LogP contribution in [0.2, 0.25) is 0 Å². The maximum atomic E-state index is 12.6. The van der Waals surface area contributed by atoms with E-state index in [1.165, 1.54) is 11.3 Å². The van der Waals surface area contributed by atoms with E-state index in [1.54, 1.807) is 0 Å². The van der Waals surface area contributed by atoms with Crippen LogP contribution >= 0.6 is 11.3 Å². The molecule has 132 valence electrons. The Bertz CT molecular complexity index is 1140. The van der Waals surface area contributed by atoms with Crippen LogP contribution in [-0.4, -0.2) is 46.2 Å². The summed E-state index contributed by atoms with van der Waals surface area (Å²) in [5, 5.41) is 1.16. The van der Waals surface area contributed by atoms with Gasteiger partial charge in [0, 0.05) is 40.6 Å². The molecule has 1 fully saturated rings. The zero-order valence-corrected chi connectivity index (χ0v) is 14.9. The number of nitrogens with zero attached hydrogens (tertiary/aromatic N) is 2. The van der Waals surface area contributed by atoms with Crippen LogP contribution in [-0.2, 0) is 11.3 Å². The monoisotopic (exact) mass is 366 g/mol. The third-order valence-electron chi connectivity index (χ3n) is 4.76. The Morgan fingerprint density at radius 1 is 1.23 bits per heavy atom. The van der Waals surface area contributed by atoms with Gasteiger partial charge in [-0.05, 0) is 12.1 Å². The van der Waals surface area contributed by atoms with Gasteiger partial charge < -0.3 is 14.7 Å². The van der Waals surface area contributed by atoms with Crippen molar-refractivity contribution >= 4 is 32.5 Å². The molecule has 0 bridgehead atoms. The van der Waals surface area contributed by atoms with E-state index < -0.39 is 0 Å². The number of hydrogen-bond donors (Lipinski definition) is 2. The third kappa shape index (κ3) is 2.74. The number of nitrogens with one attached hydrogen (secondary N) is 2. The van der Waals surface area contributed by atoms with E-state index >= 15 is 0 Å². The van der Waals surface area contributed by atoms with E-state index in [0.717, 1.165) is 53.2 Å². The van der Waals surface area contributed by atoms with Gasteiger partial charge >= 0.3 is 0 Å². The molecule has 26 heavy (non-hydrogen) atoms. The molecule has 0 amide bonds.